The number of carbonyl (C=O) groups excluding carboxylic acids is 1. The summed E-state index contributed by atoms with van der Waals surface area (Å²) in [6.45, 7) is 8.00. The van der Waals surface area contributed by atoms with Crippen LogP contribution in [-0.2, 0) is 0 Å². The summed E-state index contributed by atoms with van der Waals surface area (Å²) in [4.78, 5) is 10.8. The maximum absolute atomic E-state index is 10.8. The second-order valence-electron chi connectivity index (χ2n) is 3.78. The van der Waals surface area contributed by atoms with Crippen LogP contribution in [0.3, 0.4) is 0 Å². The minimum atomic E-state index is 0.125. The molecule has 0 fully saturated rings. The summed E-state index contributed by atoms with van der Waals surface area (Å²) in [5.74, 6) is 0.125. The second kappa shape index (κ2) is 8.22. The fraction of sp³-hybridized carbons (Fsp3) is 0.500. The molecule has 0 unspecified atom stereocenters. The highest BCUT2D eigenvalue weighted by molar-refractivity contribution is 5.93. The Morgan fingerprint density at radius 2 is 1.53 bits per heavy atom. The van der Waals surface area contributed by atoms with Crippen molar-refractivity contribution in [3.8, 4) is 0 Å². The van der Waals surface area contributed by atoms with Gasteiger partial charge in [-0.1, -0.05) is 62.9 Å². The molecule has 1 aromatic rings. The fourth-order valence-corrected chi connectivity index (χ4v) is 1.14. The maximum atomic E-state index is 10.8. The molecule has 1 nitrogen and oxygen atoms in total. The molecule has 0 amide bonds. The highest BCUT2D eigenvalue weighted by atomic mass is 16.1. The summed E-state index contributed by atoms with van der Waals surface area (Å²) in [5.41, 5.74) is 1.97. The van der Waals surface area contributed by atoms with Crippen molar-refractivity contribution in [2.75, 3.05) is 0 Å². The third-order valence-corrected chi connectivity index (χ3v) is 2.17. The lowest BCUT2D eigenvalue weighted by Crippen LogP contribution is -1.90. The lowest BCUT2D eigenvalue weighted by Gasteiger charge is -1.93. The minimum absolute atomic E-state index is 0.125. The van der Waals surface area contributed by atoms with E-state index in [-0.39, 0.29) is 5.78 Å². The molecular formula is C14H22O. The summed E-state index contributed by atoms with van der Waals surface area (Å²) < 4.78 is 0. The highest BCUT2D eigenvalue weighted by Crippen LogP contribution is 2.02. The molecule has 0 heterocycles. The van der Waals surface area contributed by atoms with E-state index in [1.54, 1.807) is 6.92 Å². The topological polar surface area (TPSA) is 17.1 Å². The summed E-state index contributed by atoms with van der Waals surface area (Å²) in [6, 6.07) is 7.57. The van der Waals surface area contributed by atoms with Crippen LogP contribution in [0.15, 0.2) is 24.3 Å². The molecule has 0 aliphatic carbocycles. The van der Waals surface area contributed by atoms with E-state index in [1.165, 1.54) is 24.8 Å². The number of Topliss-reactive ketones (excluding diaryl/α,β-unsaturated/α-hetero) is 1. The SMILES string of the molecule is CC(=O)c1ccc(C)cc1.CCCCC. The van der Waals surface area contributed by atoms with Crippen molar-refractivity contribution in [1.82, 2.24) is 0 Å². The van der Waals surface area contributed by atoms with Gasteiger partial charge in [0.15, 0.2) is 5.78 Å². The summed E-state index contributed by atoms with van der Waals surface area (Å²) in [6.07, 6.45) is 4.08. The molecule has 0 bridgehead atoms. The number of rotatable bonds is 3. The predicted molar refractivity (Wildman–Crippen MR) is 66.4 cm³/mol. The van der Waals surface area contributed by atoms with Crippen molar-refractivity contribution >= 4 is 5.78 Å². The number of hydrogen-bond donors (Lipinski definition) is 0. The van der Waals surface area contributed by atoms with Crippen LogP contribution in [-0.4, -0.2) is 5.78 Å². The molecule has 0 radical (unpaired) electrons. The molecule has 0 saturated heterocycles. The molecule has 1 heteroatoms. The molecule has 0 saturated carbocycles. The minimum Gasteiger partial charge on any atom is -0.295 e. The maximum Gasteiger partial charge on any atom is 0.159 e. The largest absolute Gasteiger partial charge is 0.295 e. The first kappa shape index (κ1) is 13.9. The van der Waals surface area contributed by atoms with Gasteiger partial charge in [0.05, 0.1) is 0 Å². The Morgan fingerprint density at radius 1 is 1.07 bits per heavy atom. The Morgan fingerprint density at radius 3 is 1.80 bits per heavy atom. The monoisotopic (exact) mass is 206 g/mol. The lowest BCUT2D eigenvalue weighted by atomic mass is 10.1. The molecule has 0 aliphatic rings. The van der Waals surface area contributed by atoms with Crippen molar-refractivity contribution in [1.29, 1.82) is 0 Å². The lowest BCUT2D eigenvalue weighted by molar-refractivity contribution is 0.101. The van der Waals surface area contributed by atoms with Crippen molar-refractivity contribution in [3.05, 3.63) is 35.4 Å². The number of ketones is 1. The van der Waals surface area contributed by atoms with Crippen LogP contribution >= 0.6 is 0 Å². The summed E-state index contributed by atoms with van der Waals surface area (Å²) >= 11 is 0. The molecule has 84 valence electrons. The zero-order valence-electron chi connectivity index (χ0n) is 10.3. The van der Waals surface area contributed by atoms with Crippen molar-refractivity contribution < 1.29 is 4.79 Å². The van der Waals surface area contributed by atoms with Gasteiger partial charge in [-0.2, -0.15) is 0 Å². The standard InChI is InChI=1S/C9H10O.C5H12/c1-7-3-5-9(6-4-7)8(2)10;1-3-5-4-2/h3-6H,1-2H3;3-5H2,1-2H3. The van der Waals surface area contributed by atoms with Crippen LogP contribution in [0.2, 0.25) is 0 Å². The molecular weight excluding hydrogens is 184 g/mol. The Hall–Kier alpha value is -1.11. The Balaban J connectivity index is 0.000000336. The zero-order valence-corrected chi connectivity index (χ0v) is 10.3. The van der Waals surface area contributed by atoms with Crippen molar-refractivity contribution in [2.24, 2.45) is 0 Å². The predicted octanol–water partition coefficient (Wildman–Crippen LogP) is 4.39. The fourth-order valence-electron chi connectivity index (χ4n) is 1.14. The Labute approximate surface area is 93.5 Å². The normalized spacial score (nSPS) is 9.07. The molecule has 0 aliphatic heterocycles. The first-order valence-electron chi connectivity index (χ1n) is 5.69. The number of carbonyl (C=O) groups is 1. The smallest absolute Gasteiger partial charge is 0.159 e. The Bertz CT molecular complexity index is 270. The van der Waals surface area contributed by atoms with Crippen LogP contribution in [0.25, 0.3) is 0 Å². The van der Waals surface area contributed by atoms with Gasteiger partial charge >= 0.3 is 0 Å². The van der Waals surface area contributed by atoms with Gasteiger partial charge in [-0.15, -0.1) is 0 Å². The van der Waals surface area contributed by atoms with E-state index in [0.717, 1.165) is 5.56 Å². The molecule has 0 N–H and O–H groups in total. The van der Waals surface area contributed by atoms with Gasteiger partial charge in [0.2, 0.25) is 0 Å². The number of aryl methyl sites for hydroxylation is 1. The van der Waals surface area contributed by atoms with E-state index in [4.69, 9.17) is 0 Å². The van der Waals surface area contributed by atoms with E-state index >= 15 is 0 Å². The van der Waals surface area contributed by atoms with Gasteiger partial charge in [0.1, 0.15) is 0 Å². The van der Waals surface area contributed by atoms with Gasteiger partial charge in [-0.25, -0.2) is 0 Å². The van der Waals surface area contributed by atoms with Crippen molar-refractivity contribution in [2.45, 2.75) is 47.0 Å². The first-order valence-corrected chi connectivity index (χ1v) is 5.69. The van der Waals surface area contributed by atoms with Gasteiger partial charge in [-0.3, -0.25) is 4.79 Å². The third kappa shape index (κ3) is 6.89. The average molecular weight is 206 g/mol. The van der Waals surface area contributed by atoms with Gasteiger partial charge < -0.3 is 0 Å². The first-order chi connectivity index (χ1) is 7.11. The van der Waals surface area contributed by atoms with E-state index in [9.17, 15) is 4.79 Å². The average Bonchev–Trinajstić information content (AvgIpc) is 2.20. The Kier molecular flexibility index (Phi) is 7.61. The second-order valence-corrected chi connectivity index (χ2v) is 3.78. The number of hydrogen-bond acceptors (Lipinski definition) is 1. The van der Waals surface area contributed by atoms with E-state index in [2.05, 4.69) is 13.8 Å². The summed E-state index contributed by atoms with van der Waals surface area (Å²) in [5, 5.41) is 0. The summed E-state index contributed by atoms with van der Waals surface area (Å²) in [7, 11) is 0. The zero-order chi connectivity index (χ0) is 11.7. The number of benzene rings is 1. The molecule has 0 spiro atoms. The molecule has 0 aromatic heterocycles. The molecule has 1 aromatic carbocycles. The third-order valence-electron chi connectivity index (χ3n) is 2.17. The van der Waals surface area contributed by atoms with Gasteiger partial charge in [0, 0.05) is 5.56 Å². The van der Waals surface area contributed by atoms with Crippen LogP contribution in [0.4, 0.5) is 0 Å². The quantitative estimate of drug-likeness (QED) is 0.670. The highest BCUT2D eigenvalue weighted by Gasteiger charge is 1.95. The molecule has 1 rings (SSSR count). The van der Waals surface area contributed by atoms with Crippen LogP contribution < -0.4 is 0 Å². The number of unbranched alkanes of at least 4 members (excludes halogenated alkanes) is 2. The van der Waals surface area contributed by atoms with E-state index in [0.29, 0.717) is 0 Å². The van der Waals surface area contributed by atoms with Gasteiger partial charge in [-0.05, 0) is 13.8 Å². The van der Waals surface area contributed by atoms with E-state index in [1.807, 2.05) is 31.2 Å². The molecule has 15 heavy (non-hydrogen) atoms. The van der Waals surface area contributed by atoms with Crippen LogP contribution in [0.1, 0.15) is 56.0 Å². The molecule has 0 atom stereocenters. The van der Waals surface area contributed by atoms with Gasteiger partial charge in [0.25, 0.3) is 0 Å². The van der Waals surface area contributed by atoms with Crippen molar-refractivity contribution in [3.63, 3.8) is 0 Å². The van der Waals surface area contributed by atoms with Crippen LogP contribution in [0, 0.1) is 6.92 Å². The van der Waals surface area contributed by atoms with Crippen LogP contribution in [0.5, 0.6) is 0 Å². The van der Waals surface area contributed by atoms with E-state index < -0.39 is 0 Å².